The van der Waals surface area contributed by atoms with E-state index in [9.17, 15) is 9.59 Å². The van der Waals surface area contributed by atoms with Crippen molar-refractivity contribution in [2.75, 3.05) is 27.9 Å². The number of para-hydroxylation sites is 1. The van der Waals surface area contributed by atoms with Crippen molar-refractivity contribution < 1.29 is 28.5 Å². The van der Waals surface area contributed by atoms with Crippen LogP contribution in [0.15, 0.2) is 36.4 Å². The highest BCUT2D eigenvalue weighted by atomic mass is 16.5. The molecule has 0 aliphatic carbocycles. The van der Waals surface area contributed by atoms with Gasteiger partial charge in [0, 0.05) is 5.56 Å². The Bertz CT molecular complexity index is 859. The molecule has 168 valence electrons. The van der Waals surface area contributed by atoms with Gasteiger partial charge in [-0.3, -0.25) is 20.4 Å². The molecule has 0 heterocycles. The topological polar surface area (TPSA) is 95.1 Å². The molecule has 0 aliphatic rings. The number of carbonyl (C=O) groups is 2. The van der Waals surface area contributed by atoms with Crippen molar-refractivity contribution in [3.8, 4) is 23.0 Å². The van der Waals surface area contributed by atoms with Crippen molar-refractivity contribution in [3.05, 3.63) is 47.5 Å². The number of nitrogens with one attached hydrogen (secondary N) is 2. The van der Waals surface area contributed by atoms with Gasteiger partial charge >= 0.3 is 0 Å². The van der Waals surface area contributed by atoms with Gasteiger partial charge in [0.2, 0.25) is 5.75 Å². The minimum atomic E-state index is -0.537. The molecule has 8 nitrogen and oxygen atoms in total. The summed E-state index contributed by atoms with van der Waals surface area (Å²) in [7, 11) is 4.39. The molecule has 2 amide bonds. The van der Waals surface area contributed by atoms with E-state index in [4.69, 9.17) is 18.9 Å². The molecule has 0 unspecified atom stereocenters. The molecule has 2 rings (SSSR count). The lowest BCUT2D eigenvalue weighted by atomic mass is 10.1. The van der Waals surface area contributed by atoms with E-state index in [0.29, 0.717) is 35.2 Å². The number of hydrogen-bond acceptors (Lipinski definition) is 6. The summed E-state index contributed by atoms with van der Waals surface area (Å²) in [5.41, 5.74) is 5.39. The fourth-order valence-electron chi connectivity index (χ4n) is 2.96. The molecule has 0 radical (unpaired) electrons. The molecule has 2 aromatic rings. The Morgan fingerprint density at radius 3 is 2.06 bits per heavy atom. The van der Waals surface area contributed by atoms with Gasteiger partial charge in [0.05, 0.1) is 33.5 Å². The van der Waals surface area contributed by atoms with Crippen LogP contribution in [-0.4, -0.2) is 39.8 Å². The summed E-state index contributed by atoms with van der Waals surface area (Å²) in [5.74, 6) is 0.491. The van der Waals surface area contributed by atoms with Gasteiger partial charge in [0.25, 0.3) is 11.8 Å². The SMILES string of the molecule is CCCCCCOc1ccccc1C(=O)NNC(=O)c1cc(OC)c(OC)c(OC)c1. The first-order valence-electron chi connectivity index (χ1n) is 10.2. The molecule has 31 heavy (non-hydrogen) atoms. The zero-order valence-electron chi connectivity index (χ0n) is 18.4. The zero-order valence-corrected chi connectivity index (χ0v) is 18.4. The van der Waals surface area contributed by atoms with Crippen molar-refractivity contribution in [2.45, 2.75) is 32.6 Å². The lowest BCUT2D eigenvalue weighted by Crippen LogP contribution is -2.41. The van der Waals surface area contributed by atoms with E-state index in [1.54, 1.807) is 24.3 Å². The average molecular weight is 431 g/mol. The van der Waals surface area contributed by atoms with E-state index in [1.807, 2.05) is 0 Å². The van der Waals surface area contributed by atoms with Gasteiger partial charge in [-0.05, 0) is 30.7 Å². The number of carbonyl (C=O) groups excluding carboxylic acids is 2. The number of methoxy groups -OCH3 is 3. The van der Waals surface area contributed by atoms with Crippen LogP contribution in [-0.2, 0) is 0 Å². The summed E-state index contributed by atoms with van der Waals surface area (Å²) >= 11 is 0. The summed E-state index contributed by atoms with van der Waals surface area (Å²) in [5, 5.41) is 0. The molecule has 0 bridgehead atoms. The van der Waals surface area contributed by atoms with Crippen LogP contribution in [0.3, 0.4) is 0 Å². The highest BCUT2D eigenvalue weighted by Crippen LogP contribution is 2.38. The van der Waals surface area contributed by atoms with Crippen LogP contribution >= 0.6 is 0 Å². The van der Waals surface area contributed by atoms with E-state index in [-0.39, 0.29) is 5.56 Å². The highest BCUT2D eigenvalue weighted by Gasteiger charge is 2.18. The Morgan fingerprint density at radius 1 is 0.806 bits per heavy atom. The van der Waals surface area contributed by atoms with Crippen LogP contribution < -0.4 is 29.8 Å². The predicted molar refractivity (Wildman–Crippen MR) is 117 cm³/mol. The Kier molecular flexibility index (Phi) is 9.48. The fraction of sp³-hybridized carbons (Fsp3) is 0.391. The largest absolute Gasteiger partial charge is 0.493 e. The monoisotopic (exact) mass is 430 g/mol. The number of benzene rings is 2. The van der Waals surface area contributed by atoms with Crippen LogP contribution in [0.25, 0.3) is 0 Å². The van der Waals surface area contributed by atoms with Crippen molar-refractivity contribution in [3.63, 3.8) is 0 Å². The molecule has 0 fully saturated rings. The summed E-state index contributed by atoms with van der Waals surface area (Å²) in [6.07, 6.45) is 4.29. The van der Waals surface area contributed by atoms with Gasteiger partial charge in [-0.2, -0.15) is 0 Å². The lowest BCUT2D eigenvalue weighted by Gasteiger charge is -2.15. The maximum atomic E-state index is 12.6. The summed E-state index contributed by atoms with van der Waals surface area (Å²) in [4.78, 5) is 25.2. The van der Waals surface area contributed by atoms with Gasteiger partial charge in [-0.15, -0.1) is 0 Å². The van der Waals surface area contributed by atoms with Crippen LogP contribution in [0, 0.1) is 0 Å². The Balaban J connectivity index is 2.04. The van der Waals surface area contributed by atoms with Crippen LogP contribution in [0.4, 0.5) is 0 Å². The van der Waals surface area contributed by atoms with Crippen molar-refractivity contribution in [1.29, 1.82) is 0 Å². The van der Waals surface area contributed by atoms with Gasteiger partial charge in [0.15, 0.2) is 11.5 Å². The lowest BCUT2D eigenvalue weighted by molar-refractivity contribution is 0.0844. The molecule has 0 aliphatic heterocycles. The first-order chi connectivity index (χ1) is 15.0. The number of amides is 2. The quantitative estimate of drug-likeness (QED) is 0.417. The second-order valence-corrected chi connectivity index (χ2v) is 6.73. The molecular weight excluding hydrogens is 400 g/mol. The fourth-order valence-corrected chi connectivity index (χ4v) is 2.96. The third kappa shape index (κ3) is 6.53. The second kappa shape index (κ2) is 12.3. The average Bonchev–Trinajstić information content (AvgIpc) is 2.81. The number of hydrogen-bond donors (Lipinski definition) is 2. The van der Waals surface area contributed by atoms with Crippen molar-refractivity contribution in [1.82, 2.24) is 10.9 Å². The molecule has 0 saturated heterocycles. The summed E-state index contributed by atoms with van der Waals surface area (Å²) in [6.45, 7) is 2.68. The molecular formula is C23H30N2O6. The van der Waals surface area contributed by atoms with Gasteiger partial charge in [0.1, 0.15) is 5.75 Å². The Labute approximate surface area is 182 Å². The molecule has 0 atom stereocenters. The third-order valence-corrected chi connectivity index (χ3v) is 4.60. The first-order valence-corrected chi connectivity index (χ1v) is 10.2. The van der Waals surface area contributed by atoms with Crippen LogP contribution in [0.5, 0.6) is 23.0 Å². The van der Waals surface area contributed by atoms with E-state index < -0.39 is 11.8 Å². The van der Waals surface area contributed by atoms with Gasteiger partial charge < -0.3 is 18.9 Å². The Morgan fingerprint density at radius 2 is 1.45 bits per heavy atom. The van der Waals surface area contributed by atoms with Crippen LogP contribution in [0.1, 0.15) is 53.3 Å². The molecule has 0 spiro atoms. The molecule has 8 heteroatoms. The number of unbranched alkanes of at least 4 members (excludes halogenated alkanes) is 3. The maximum absolute atomic E-state index is 12.6. The Hall–Kier alpha value is -3.42. The van der Waals surface area contributed by atoms with Crippen molar-refractivity contribution in [2.24, 2.45) is 0 Å². The molecule has 2 N–H and O–H groups in total. The predicted octanol–water partition coefficient (Wildman–Crippen LogP) is 3.75. The summed E-state index contributed by atoms with van der Waals surface area (Å²) < 4.78 is 21.5. The highest BCUT2D eigenvalue weighted by molar-refractivity contribution is 6.01. The number of ether oxygens (including phenoxy) is 4. The normalized spacial score (nSPS) is 10.2. The third-order valence-electron chi connectivity index (χ3n) is 4.60. The minimum Gasteiger partial charge on any atom is -0.493 e. The number of hydrazine groups is 1. The van der Waals surface area contributed by atoms with Gasteiger partial charge in [-0.25, -0.2) is 0 Å². The molecule has 0 aromatic heterocycles. The van der Waals surface area contributed by atoms with E-state index in [2.05, 4.69) is 17.8 Å². The molecule has 2 aromatic carbocycles. The second-order valence-electron chi connectivity index (χ2n) is 6.73. The molecule has 0 saturated carbocycles. The van der Waals surface area contributed by atoms with Crippen LogP contribution in [0.2, 0.25) is 0 Å². The van der Waals surface area contributed by atoms with E-state index >= 15 is 0 Å². The standard InChI is InChI=1S/C23H30N2O6/c1-5-6-7-10-13-31-18-12-9-8-11-17(18)23(27)25-24-22(26)16-14-19(28-2)21(30-4)20(15-16)29-3/h8-9,11-12,14-15H,5-7,10,13H2,1-4H3,(H,24,26)(H,25,27). The first kappa shape index (κ1) is 23.9. The summed E-state index contributed by atoms with van der Waals surface area (Å²) in [6, 6.07) is 9.90. The smallest absolute Gasteiger partial charge is 0.273 e. The van der Waals surface area contributed by atoms with Gasteiger partial charge in [-0.1, -0.05) is 38.3 Å². The van der Waals surface area contributed by atoms with Crippen molar-refractivity contribution >= 4 is 11.8 Å². The van der Waals surface area contributed by atoms with E-state index in [1.165, 1.54) is 33.5 Å². The maximum Gasteiger partial charge on any atom is 0.273 e. The minimum absolute atomic E-state index is 0.232. The number of rotatable bonds is 11. The van der Waals surface area contributed by atoms with E-state index in [0.717, 1.165) is 25.7 Å². The zero-order chi connectivity index (χ0) is 22.6.